The van der Waals surface area contributed by atoms with Crippen molar-refractivity contribution in [2.45, 2.75) is 76.1 Å². The van der Waals surface area contributed by atoms with Gasteiger partial charge >= 0.3 is 0 Å². The van der Waals surface area contributed by atoms with Gasteiger partial charge in [0.1, 0.15) is 23.9 Å². The van der Waals surface area contributed by atoms with Crippen molar-refractivity contribution in [2.75, 3.05) is 20.3 Å². The zero-order valence-corrected chi connectivity index (χ0v) is 22.5. The summed E-state index contributed by atoms with van der Waals surface area (Å²) < 4.78 is 10.4. The minimum atomic E-state index is -0.987. The number of ketones is 1. The molecule has 5 atom stereocenters. The first-order chi connectivity index (χ1) is 18.7. The van der Waals surface area contributed by atoms with Crippen molar-refractivity contribution >= 4 is 29.4 Å². The van der Waals surface area contributed by atoms with Crippen LogP contribution in [0.1, 0.15) is 51.0 Å². The first kappa shape index (κ1) is 28.5. The molecule has 39 heavy (non-hydrogen) atoms. The SMILES string of the molecule is COc1ccc(C[C@H](NC(=O)[C@@H](C)NC(=O)[C@@H]2CNC(=O)C2)C(=O)N[C@@H](CC2CCCC2)C(=O)[C@H]2CO2)cc1. The van der Waals surface area contributed by atoms with Crippen LogP contribution >= 0.6 is 0 Å². The highest BCUT2D eigenvalue weighted by atomic mass is 16.6. The minimum Gasteiger partial charge on any atom is -0.497 e. The number of amides is 4. The maximum absolute atomic E-state index is 13.6. The predicted molar refractivity (Wildman–Crippen MR) is 141 cm³/mol. The number of rotatable bonds is 13. The number of Topliss-reactive ketones (excluding diaryl/α,β-unsaturated/α-hetero) is 1. The van der Waals surface area contributed by atoms with Crippen LogP contribution in [0.25, 0.3) is 0 Å². The Morgan fingerprint density at radius 1 is 1.03 bits per heavy atom. The van der Waals surface area contributed by atoms with E-state index in [4.69, 9.17) is 9.47 Å². The summed E-state index contributed by atoms with van der Waals surface area (Å²) >= 11 is 0. The molecule has 4 N–H and O–H groups in total. The number of methoxy groups -OCH3 is 1. The lowest BCUT2D eigenvalue weighted by Crippen LogP contribution is -2.56. The Morgan fingerprint density at radius 3 is 2.28 bits per heavy atom. The van der Waals surface area contributed by atoms with E-state index in [1.807, 2.05) is 0 Å². The zero-order chi connectivity index (χ0) is 27.9. The van der Waals surface area contributed by atoms with E-state index in [0.29, 0.717) is 24.7 Å². The summed E-state index contributed by atoms with van der Waals surface area (Å²) in [6.07, 6.45) is 4.59. The summed E-state index contributed by atoms with van der Waals surface area (Å²) in [6.45, 7) is 2.11. The Kier molecular flexibility index (Phi) is 9.55. The molecule has 4 amide bonds. The fraction of sp³-hybridized carbons (Fsp3) is 0.607. The normalized spacial score (nSPS) is 22.8. The number of carbonyl (C=O) groups excluding carboxylic acids is 5. The van der Waals surface area contributed by atoms with Gasteiger partial charge in [-0.05, 0) is 37.0 Å². The van der Waals surface area contributed by atoms with Crippen molar-refractivity contribution < 1.29 is 33.4 Å². The van der Waals surface area contributed by atoms with Crippen molar-refractivity contribution in [3.05, 3.63) is 29.8 Å². The maximum atomic E-state index is 13.6. The Balaban J connectivity index is 1.44. The van der Waals surface area contributed by atoms with Gasteiger partial charge in [0.25, 0.3) is 0 Å². The number of epoxide rings is 1. The topological polar surface area (TPSA) is 155 Å². The van der Waals surface area contributed by atoms with Gasteiger partial charge in [0, 0.05) is 19.4 Å². The van der Waals surface area contributed by atoms with Gasteiger partial charge in [-0.25, -0.2) is 0 Å². The molecule has 1 aromatic carbocycles. The second-order valence-corrected chi connectivity index (χ2v) is 10.7. The highest BCUT2D eigenvalue weighted by molar-refractivity contribution is 5.97. The molecular formula is C28H38N4O7. The van der Waals surface area contributed by atoms with Crippen LogP contribution in [-0.2, 0) is 35.1 Å². The summed E-state index contributed by atoms with van der Waals surface area (Å²) in [5, 5.41) is 10.9. The molecule has 2 aliphatic heterocycles. The predicted octanol–water partition coefficient (Wildman–Crippen LogP) is 0.396. The smallest absolute Gasteiger partial charge is 0.243 e. The lowest BCUT2D eigenvalue weighted by Gasteiger charge is -2.26. The van der Waals surface area contributed by atoms with Gasteiger partial charge < -0.3 is 30.7 Å². The Bertz CT molecular complexity index is 1070. The summed E-state index contributed by atoms with van der Waals surface area (Å²) in [6, 6.07) is 4.53. The largest absolute Gasteiger partial charge is 0.497 e. The lowest BCUT2D eigenvalue weighted by molar-refractivity contribution is -0.134. The van der Waals surface area contributed by atoms with E-state index >= 15 is 0 Å². The fourth-order valence-corrected chi connectivity index (χ4v) is 5.23. The third-order valence-electron chi connectivity index (χ3n) is 7.69. The molecule has 0 spiro atoms. The van der Waals surface area contributed by atoms with Gasteiger partial charge in [-0.15, -0.1) is 0 Å². The van der Waals surface area contributed by atoms with Crippen LogP contribution in [-0.4, -0.2) is 73.9 Å². The molecular weight excluding hydrogens is 504 g/mol. The maximum Gasteiger partial charge on any atom is 0.243 e. The second-order valence-electron chi connectivity index (χ2n) is 10.7. The molecule has 1 aromatic rings. The Hall–Kier alpha value is -3.47. The fourth-order valence-electron chi connectivity index (χ4n) is 5.23. The second kappa shape index (κ2) is 13.1. The van der Waals surface area contributed by atoms with Crippen LogP contribution < -0.4 is 26.0 Å². The molecule has 1 saturated carbocycles. The van der Waals surface area contributed by atoms with E-state index in [9.17, 15) is 24.0 Å². The van der Waals surface area contributed by atoms with Crippen molar-refractivity contribution in [1.29, 1.82) is 0 Å². The molecule has 4 rings (SSSR count). The summed E-state index contributed by atoms with van der Waals surface area (Å²) in [7, 11) is 1.56. The van der Waals surface area contributed by atoms with Crippen molar-refractivity contribution in [3.63, 3.8) is 0 Å². The van der Waals surface area contributed by atoms with E-state index in [1.165, 1.54) is 6.92 Å². The number of carbonyl (C=O) groups is 5. The highest BCUT2D eigenvalue weighted by Gasteiger charge is 2.39. The molecule has 2 saturated heterocycles. The molecule has 3 aliphatic rings. The van der Waals surface area contributed by atoms with Gasteiger partial charge in [0.15, 0.2) is 5.78 Å². The van der Waals surface area contributed by atoms with Gasteiger partial charge in [0.05, 0.1) is 25.7 Å². The summed E-state index contributed by atoms with van der Waals surface area (Å²) in [5.74, 6) is -1.28. The molecule has 1 aliphatic carbocycles. The van der Waals surface area contributed by atoms with E-state index in [1.54, 1.807) is 31.4 Å². The monoisotopic (exact) mass is 542 g/mol. The number of benzene rings is 1. The van der Waals surface area contributed by atoms with Gasteiger partial charge in [-0.1, -0.05) is 37.8 Å². The number of ether oxygens (including phenoxy) is 2. The van der Waals surface area contributed by atoms with Gasteiger partial charge in [-0.2, -0.15) is 0 Å². The molecule has 0 unspecified atom stereocenters. The Labute approximate surface area is 228 Å². The molecule has 3 fully saturated rings. The molecule has 0 aromatic heterocycles. The van der Waals surface area contributed by atoms with Crippen LogP contribution in [0.2, 0.25) is 0 Å². The molecule has 2 heterocycles. The first-order valence-corrected chi connectivity index (χ1v) is 13.7. The van der Waals surface area contributed by atoms with Gasteiger partial charge in [-0.3, -0.25) is 24.0 Å². The number of hydrogen-bond donors (Lipinski definition) is 4. The van der Waals surface area contributed by atoms with Crippen molar-refractivity contribution in [2.24, 2.45) is 11.8 Å². The van der Waals surface area contributed by atoms with Crippen LogP contribution in [0.3, 0.4) is 0 Å². The van der Waals surface area contributed by atoms with Gasteiger partial charge in [0.2, 0.25) is 23.6 Å². The zero-order valence-electron chi connectivity index (χ0n) is 22.5. The average molecular weight is 543 g/mol. The van der Waals surface area contributed by atoms with Crippen LogP contribution in [0, 0.1) is 11.8 Å². The third-order valence-corrected chi connectivity index (χ3v) is 7.69. The lowest BCUT2D eigenvalue weighted by atomic mass is 9.94. The van der Waals surface area contributed by atoms with Crippen molar-refractivity contribution in [3.8, 4) is 5.75 Å². The van der Waals surface area contributed by atoms with E-state index < -0.39 is 47.9 Å². The third kappa shape index (κ3) is 8.01. The van der Waals surface area contributed by atoms with Crippen LogP contribution in [0.15, 0.2) is 24.3 Å². The van der Waals surface area contributed by atoms with E-state index in [0.717, 1.165) is 31.2 Å². The van der Waals surface area contributed by atoms with Crippen molar-refractivity contribution in [1.82, 2.24) is 21.3 Å². The van der Waals surface area contributed by atoms with E-state index in [-0.39, 0.29) is 31.1 Å². The molecule has 0 bridgehead atoms. The Morgan fingerprint density at radius 2 is 1.69 bits per heavy atom. The van der Waals surface area contributed by atoms with E-state index in [2.05, 4.69) is 21.3 Å². The standard InChI is InChI=1S/C28H38N4O7/c1-16(30-27(36)19-13-24(33)29-14-19)26(35)32-22(12-18-7-9-20(38-2)10-8-18)28(37)31-21(25(34)23-15-39-23)11-17-5-3-4-6-17/h7-10,16-17,19,21-23H,3-6,11-15H2,1-2H3,(H,29,33)(H,30,36)(H,31,37)(H,32,35)/t16-,19+,21+,22+,23-/m1/s1. The quantitative estimate of drug-likeness (QED) is 0.263. The molecule has 11 nitrogen and oxygen atoms in total. The summed E-state index contributed by atoms with van der Waals surface area (Å²) in [4.78, 5) is 63.6. The van der Waals surface area contributed by atoms with Crippen LogP contribution in [0.5, 0.6) is 5.75 Å². The molecule has 212 valence electrons. The average Bonchev–Trinajstić information content (AvgIpc) is 3.47. The highest BCUT2D eigenvalue weighted by Crippen LogP contribution is 2.30. The minimum absolute atomic E-state index is 0.0732. The number of nitrogens with one attached hydrogen (secondary N) is 4. The molecule has 0 radical (unpaired) electrons. The number of hydrogen-bond acceptors (Lipinski definition) is 7. The first-order valence-electron chi connectivity index (χ1n) is 13.7. The molecule has 11 heteroatoms. The summed E-state index contributed by atoms with van der Waals surface area (Å²) in [5.41, 5.74) is 0.785. The van der Waals surface area contributed by atoms with Crippen LogP contribution in [0.4, 0.5) is 0 Å².